The van der Waals surface area contributed by atoms with E-state index in [9.17, 15) is 14.0 Å². The van der Waals surface area contributed by atoms with Crippen LogP contribution < -0.4 is 25.2 Å². The van der Waals surface area contributed by atoms with Crippen LogP contribution in [0.2, 0.25) is 0 Å². The van der Waals surface area contributed by atoms with Gasteiger partial charge in [0.2, 0.25) is 0 Å². The molecular weight excluding hydrogens is 531 g/mol. The summed E-state index contributed by atoms with van der Waals surface area (Å²) in [6, 6.07) is 12.2. The van der Waals surface area contributed by atoms with Crippen molar-refractivity contribution in [2.45, 2.75) is 44.7 Å². The molecule has 3 aromatic rings. The van der Waals surface area contributed by atoms with Crippen molar-refractivity contribution >= 4 is 29.3 Å². The van der Waals surface area contributed by atoms with Gasteiger partial charge in [-0.2, -0.15) is 0 Å². The highest BCUT2D eigenvalue weighted by atomic mass is 19.1. The number of hydrogen-bond acceptors (Lipinski definition) is 8. The SMILES string of the molecule is CC1(C)OC[C@H](COc2ccnc(NC(=O)N3c4nc(C(=O)NCc5ccc(F)cc5)ccc4N4CC[C@H]3C4)c2)O1. The van der Waals surface area contributed by atoms with Crippen LogP contribution in [-0.2, 0) is 16.0 Å². The Morgan fingerprint density at radius 3 is 2.78 bits per heavy atom. The van der Waals surface area contributed by atoms with Crippen molar-refractivity contribution in [1.82, 2.24) is 15.3 Å². The summed E-state index contributed by atoms with van der Waals surface area (Å²) in [6.45, 7) is 6.13. The fraction of sp³-hybridized carbons (Fsp3) is 0.379. The molecule has 41 heavy (non-hydrogen) atoms. The summed E-state index contributed by atoms with van der Waals surface area (Å²) in [6.07, 6.45) is 2.13. The van der Waals surface area contributed by atoms with Crippen molar-refractivity contribution in [2.75, 3.05) is 41.4 Å². The van der Waals surface area contributed by atoms with Gasteiger partial charge in [-0.25, -0.2) is 19.2 Å². The Hall–Kier alpha value is -4.29. The van der Waals surface area contributed by atoms with Gasteiger partial charge in [0.25, 0.3) is 5.91 Å². The van der Waals surface area contributed by atoms with E-state index < -0.39 is 17.7 Å². The van der Waals surface area contributed by atoms with Crippen molar-refractivity contribution in [3.05, 3.63) is 71.8 Å². The molecule has 2 N–H and O–H groups in total. The number of pyridine rings is 2. The number of carbonyl (C=O) groups is 2. The summed E-state index contributed by atoms with van der Waals surface area (Å²) in [7, 11) is 0. The molecule has 2 saturated heterocycles. The van der Waals surface area contributed by atoms with Gasteiger partial charge in [0.15, 0.2) is 11.6 Å². The highest BCUT2D eigenvalue weighted by Gasteiger charge is 2.40. The summed E-state index contributed by atoms with van der Waals surface area (Å²) in [5.74, 6) is -0.0920. The standard InChI is InChI=1S/C29H31FN6O5/c1-29(2)40-17-22(41-29)16-39-21-9-11-31-25(13-21)34-28(38)36-20-10-12-35(15-20)24-8-7-23(33-26(24)36)27(37)32-14-18-3-5-19(30)6-4-18/h3-9,11,13,20,22H,10,12,14-17H2,1-2H3,(H,32,37)(H,31,34,38)/t20-,22-/m0/s1. The highest BCUT2D eigenvalue weighted by molar-refractivity contribution is 6.05. The van der Waals surface area contributed by atoms with Crippen molar-refractivity contribution in [3.63, 3.8) is 0 Å². The van der Waals surface area contributed by atoms with E-state index in [1.54, 1.807) is 41.4 Å². The van der Waals surface area contributed by atoms with Gasteiger partial charge < -0.3 is 24.4 Å². The van der Waals surface area contributed by atoms with Gasteiger partial charge in [0, 0.05) is 31.9 Å². The Kier molecular flexibility index (Phi) is 7.18. The van der Waals surface area contributed by atoms with Crippen LogP contribution in [0.15, 0.2) is 54.7 Å². The summed E-state index contributed by atoms with van der Waals surface area (Å²) in [4.78, 5) is 39.2. The molecule has 6 rings (SSSR count). The lowest BCUT2D eigenvalue weighted by Crippen LogP contribution is -2.48. The van der Waals surface area contributed by atoms with Gasteiger partial charge in [-0.3, -0.25) is 15.0 Å². The molecule has 0 spiro atoms. The number of benzene rings is 1. The molecule has 3 aliphatic heterocycles. The topological polar surface area (TPSA) is 118 Å². The number of anilines is 3. The summed E-state index contributed by atoms with van der Waals surface area (Å²) in [5.41, 5.74) is 1.73. The molecule has 1 aromatic carbocycles. The average molecular weight is 563 g/mol. The molecule has 2 bridgehead atoms. The Morgan fingerprint density at radius 1 is 1.17 bits per heavy atom. The van der Waals surface area contributed by atoms with Crippen LogP contribution in [-0.4, -0.2) is 66.1 Å². The number of ether oxygens (including phenoxy) is 3. The van der Waals surface area contributed by atoms with Crippen molar-refractivity contribution < 1.29 is 28.2 Å². The maximum atomic E-state index is 13.6. The van der Waals surface area contributed by atoms with Gasteiger partial charge in [0.1, 0.15) is 35.8 Å². The van der Waals surface area contributed by atoms with Crippen molar-refractivity contribution in [1.29, 1.82) is 0 Å². The number of aromatic nitrogens is 2. The van der Waals surface area contributed by atoms with Crippen LogP contribution in [0, 0.1) is 5.82 Å². The molecule has 5 heterocycles. The number of urea groups is 1. The highest BCUT2D eigenvalue weighted by Crippen LogP contribution is 2.39. The predicted molar refractivity (Wildman–Crippen MR) is 149 cm³/mol. The van der Waals surface area contributed by atoms with Crippen LogP contribution >= 0.6 is 0 Å². The predicted octanol–water partition coefficient (Wildman–Crippen LogP) is 3.71. The quantitative estimate of drug-likeness (QED) is 0.448. The maximum Gasteiger partial charge on any atom is 0.329 e. The van der Waals surface area contributed by atoms with E-state index in [-0.39, 0.29) is 30.2 Å². The molecule has 0 saturated carbocycles. The average Bonchev–Trinajstić information content (AvgIpc) is 3.54. The van der Waals surface area contributed by atoms with Crippen LogP contribution in [0.5, 0.6) is 5.75 Å². The monoisotopic (exact) mass is 562 g/mol. The molecule has 2 fully saturated rings. The van der Waals surface area contributed by atoms with Crippen LogP contribution in [0.4, 0.5) is 26.5 Å². The first-order valence-corrected chi connectivity index (χ1v) is 13.5. The van der Waals surface area contributed by atoms with E-state index in [1.807, 2.05) is 19.9 Å². The zero-order chi connectivity index (χ0) is 28.6. The normalized spacial score (nSPS) is 20.5. The van der Waals surface area contributed by atoms with E-state index >= 15 is 0 Å². The number of hydrogen-bond donors (Lipinski definition) is 2. The van der Waals surface area contributed by atoms with Crippen molar-refractivity contribution in [2.24, 2.45) is 0 Å². The number of amides is 3. The second-order valence-corrected chi connectivity index (χ2v) is 10.7. The van der Waals surface area contributed by atoms with Crippen molar-refractivity contribution in [3.8, 4) is 5.75 Å². The second-order valence-electron chi connectivity index (χ2n) is 10.7. The number of halogens is 1. The number of nitrogens with one attached hydrogen (secondary N) is 2. The minimum Gasteiger partial charge on any atom is -0.491 e. The Bertz CT molecular complexity index is 1450. The third-order valence-corrected chi connectivity index (χ3v) is 7.24. The number of fused-ring (bicyclic) bond motifs is 4. The summed E-state index contributed by atoms with van der Waals surface area (Å²) < 4.78 is 30.4. The first-order chi connectivity index (χ1) is 19.7. The molecule has 0 aliphatic carbocycles. The van der Waals surface area contributed by atoms with E-state index in [4.69, 9.17) is 14.2 Å². The number of nitrogens with zero attached hydrogens (tertiary/aromatic N) is 4. The van der Waals surface area contributed by atoms with Gasteiger partial charge in [0.05, 0.1) is 18.3 Å². The van der Waals surface area contributed by atoms with Gasteiger partial charge in [-0.15, -0.1) is 0 Å². The Balaban J connectivity index is 1.15. The molecule has 2 atom stereocenters. The minimum atomic E-state index is -0.636. The molecule has 0 unspecified atom stereocenters. The largest absolute Gasteiger partial charge is 0.491 e. The molecule has 214 valence electrons. The molecule has 3 amide bonds. The second kappa shape index (κ2) is 10.9. The zero-order valence-electron chi connectivity index (χ0n) is 22.8. The molecule has 2 aromatic heterocycles. The number of carbonyl (C=O) groups excluding carboxylic acids is 2. The fourth-order valence-corrected chi connectivity index (χ4v) is 5.25. The minimum absolute atomic E-state index is 0.102. The molecule has 0 radical (unpaired) electrons. The van der Waals surface area contributed by atoms with Crippen LogP contribution in [0.25, 0.3) is 0 Å². The van der Waals surface area contributed by atoms with E-state index in [0.717, 1.165) is 24.2 Å². The maximum absolute atomic E-state index is 13.6. The van der Waals surface area contributed by atoms with Gasteiger partial charge in [-0.1, -0.05) is 12.1 Å². The molecular formula is C29H31FN6O5. The summed E-state index contributed by atoms with van der Waals surface area (Å²) >= 11 is 0. The third kappa shape index (κ3) is 5.93. The first-order valence-electron chi connectivity index (χ1n) is 13.5. The molecule has 11 nitrogen and oxygen atoms in total. The van der Waals surface area contributed by atoms with E-state index in [2.05, 4.69) is 25.5 Å². The number of rotatable bonds is 7. The van der Waals surface area contributed by atoms with E-state index in [1.165, 1.54) is 12.1 Å². The Morgan fingerprint density at radius 2 is 2.00 bits per heavy atom. The molecule has 3 aliphatic rings. The molecule has 12 heteroatoms. The summed E-state index contributed by atoms with van der Waals surface area (Å²) in [5, 5.41) is 5.68. The smallest absolute Gasteiger partial charge is 0.329 e. The lowest BCUT2D eigenvalue weighted by molar-refractivity contribution is -0.141. The third-order valence-electron chi connectivity index (χ3n) is 7.24. The first kappa shape index (κ1) is 26.9. The van der Waals surface area contributed by atoms with Gasteiger partial charge >= 0.3 is 6.03 Å². The zero-order valence-corrected chi connectivity index (χ0v) is 22.8. The van der Waals surface area contributed by atoms with Crippen LogP contribution in [0.1, 0.15) is 36.3 Å². The van der Waals surface area contributed by atoms with Gasteiger partial charge in [-0.05, 0) is 56.2 Å². The Labute approximate surface area is 236 Å². The lowest BCUT2D eigenvalue weighted by atomic mass is 10.1. The van der Waals surface area contributed by atoms with E-state index in [0.29, 0.717) is 37.1 Å². The lowest BCUT2D eigenvalue weighted by Gasteiger charge is -2.35. The fourth-order valence-electron chi connectivity index (χ4n) is 5.25. The van der Waals surface area contributed by atoms with Crippen LogP contribution in [0.3, 0.4) is 0 Å².